The minimum atomic E-state index is 0.0883. The van der Waals surface area contributed by atoms with E-state index in [4.69, 9.17) is 4.42 Å². The Hall–Kier alpha value is -2.54. The van der Waals surface area contributed by atoms with Crippen molar-refractivity contribution in [3.8, 4) is 11.4 Å². The monoisotopic (exact) mass is 370 g/mol. The van der Waals surface area contributed by atoms with E-state index in [1.54, 1.807) is 6.26 Å². The molecule has 1 amide bonds. The molecule has 0 radical (unpaired) electrons. The number of carbonyl (C=O) groups excluding carboxylic acids is 1. The number of furan rings is 1. The lowest BCUT2D eigenvalue weighted by molar-refractivity contribution is -0.128. The molecule has 3 rings (SSSR count). The minimum absolute atomic E-state index is 0.0883. The zero-order valence-electron chi connectivity index (χ0n) is 15.2. The van der Waals surface area contributed by atoms with Gasteiger partial charge >= 0.3 is 0 Å². The van der Waals surface area contributed by atoms with E-state index in [1.807, 2.05) is 66.8 Å². The Labute approximate surface area is 157 Å². The van der Waals surface area contributed by atoms with E-state index in [0.717, 1.165) is 22.7 Å². The summed E-state index contributed by atoms with van der Waals surface area (Å²) in [6.45, 7) is 5.18. The summed E-state index contributed by atoms with van der Waals surface area (Å²) in [6.07, 6.45) is 1.64. The first-order chi connectivity index (χ1) is 12.6. The number of carbonyl (C=O) groups is 1. The van der Waals surface area contributed by atoms with Gasteiger partial charge in [0.1, 0.15) is 5.76 Å². The Balaban J connectivity index is 1.64. The number of nitrogens with zero attached hydrogens (tertiary/aromatic N) is 4. The SMILES string of the molecule is CCN(Cc1ccccc1)C(=O)CSc1nnc(-c2ccoc2C)n1C. The number of hydrogen-bond acceptors (Lipinski definition) is 5. The summed E-state index contributed by atoms with van der Waals surface area (Å²) in [4.78, 5) is 14.4. The maximum absolute atomic E-state index is 12.6. The van der Waals surface area contributed by atoms with Gasteiger partial charge in [0.25, 0.3) is 0 Å². The zero-order chi connectivity index (χ0) is 18.5. The van der Waals surface area contributed by atoms with Crippen LogP contribution in [-0.4, -0.2) is 37.9 Å². The molecule has 0 aliphatic carbocycles. The maximum atomic E-state index is 12.6. The van der Waals surface area contributed by atoms with E-state index in [9.17, 15) is 4.79 Å². The third-order valence-corrected chi connectivity index (χ3v) is 5.22. The molecule has 0 unspecified atom stereocenters. The number of benzene rings is 1. The first-order valence-electron chi connectivity index (χ1n) is 8.48. The lowest BCUT2D eigenvalue weighted by Crippen LogP contribution is -2.31. The fraction of sp³-hybridized carbons (Fsp3) is 0.316. The maximum Gasteiger partial charge on any atom is 0.233 e. The lowest BCUT2D eigenvalue weighted by atomic mass is 10.2. The molecule has 6 nitrogen and oxygen atoms in total. The molecule has 1 aromatic carbocycles. The van der Waals surface area contributed by atoms with Gasteiger partial charge in [0.15, 0.2) is 11.0 Å². The highest BCUT2D eigenvalue weighted by atomic mass is 32.2. The van der Waals surface area contributed by atoms with E-state index < -0.39 is 0 Å². The molecule has 2 aromatic heterocycles. The van der Waals surface area contributed by atoms with Gasteiger partial charge in [-0.3, -0.25) is 4.79 Å². The van der Waals surface area contributed by atoms with Crippen LogP contribution in [0.4, 0.5) is 0 Å². The third kappa shape index (κ3) is 3.99. The Bertz CT molecular complexity index is 873. The minimum Gasteiger partial charge on any atom is -0.469 e. The molecule has 0 atom stereocenters. The smallest absolute Gasteiger partial charge is 0.233 e. The van der Waals surface area contributed by atoms with E-state index in [1.165, 1.54) is 11.8 Å². The quantitative estimate of drug-likeness (QED) is 0.596. The molecule has 0 aliphatic heterocycles. The Morgan fingerprint density at radius 2 is 2.00 bits per heavy atom. The first-order valence-corrected chi connectivity index (χ1v) is 9.47. The largest absolute Gasteiger partial charge is 0.469 e. The van der Waals surface area contributed by atoms with Gasteiger partial charge in [-0.1, -0.05) is 42.1 Å². The van der Waals surface area contributed by atoms with Crippen molar-refractivity contribution in [3.05, 3.63) is 54.0 Å². The number of rotatable bonds is 7. The molecular weight excluding hydrogens is 348 g/mol. The van der Waals surface area contributed by atoms with Crippen molar-refractivity contribution in [2.45, 2.75) is 25.5 Å². The highest BCUT2D eigenvalue weighted by Gasteiger charge is 2.18. The van der Waals surface area contributed by atoms with Gasteiger partial charge in [-0.05, 0) is 25.5 Å². The predicted octanol–water partition coefficient (Wildman–Crippen LogP) is 3.52. The van der Waals surface area contributed by atoms with Crippen molar-refractivity contribution < 1.29 is 9.21 Å². The summed E-state index contributed by atoms with van der Waals surface area (Å²) in [5.74, 6) is 1.96. The summed E-state index contributed by atoms with van der Waals surface area (Å²) < 4.78 is 7.23. The summed E-state index contributed by atoms with van der Waals surface area (Å²) in [5.41, 5.74) is 2.04. The third-order valence-electron chi connectivity index (χ3n) is 4.21. The zero-order valence-corrected chi connectivity index (χ0v) is 16.0. The fourth-order valence-corrected chi connectivity index (χ4v) is 3.50. The molecule has 0 saturated heterocycles. The molecule has 0 saturated carbocycles. The van der Waals surface area contributed by atoms with Crippen LogP contribution in [0.25, 0.3) is 11.4 Å². The van der Waals surface area contributed by atoms with Crippen LogP contribution in [-0.2, 0) is 18.4 Å². The van der Waals surface area contributed by atoms with Crippen molar-refractivity contribution in [2.75, 3.05) is 12.3 Å². The van der Waals surface area contributed by atoms with Crippen LogP contribution < -0.4 is 0 Å². The van der Waals surface area contributed by atoms with Crippen LogP contribution in [0.1, 0.15) is 18.2 Å². The van der Waals surface area contributed by atoms with Crippen molar-refractivity contribution >= 4 is 17.7 Å². The van der Waals surface area contributed by atoms with E-state index in [0.29, 0.717) is 24.0 Å². The van der Waals surface area contributed by atoms with Crippen LogP contribution in [0.3, 0.4) is 0 Å². The lowest BCUT2D eigenvalue weighted by Gasteiger charge is -2.20. The number of thioether (sulfide) groups is 1. The predicted molar refractivity (Wildman–Crippen MR) is 102 cm³/mol. The average Bonchev–Trinajstić information content (AvgIpc) is 3.23. The van der Waals surface area contributed by atoms with Gasteiger partial charge < -0.3 is 13.9 Å². The van der Waals surface area contributed by atoms with Gasteiger partial charge in [-0.25, -0.2) is 0 Å². The molecular formula is C19H22N4O2S. The fourth-order valence-electron chi connectivity index (χ4n) is 2.69. The van der Waals surface area contributed by atoms with E-state index >= 15 is 0 Å². The number of aromatic nitrogens is 3. The standard InChI is InChI=1S/C19H22N4O2S/c1-4-23(12-15-8-6-5-7-9-15)17(24)13-26-19-21-20-18(22(19)3)16-10-11-25-14(16)2/h5-11H,4,12-13H2,1-3H3. The van der Waals surface area contributed by atoms with E-state index in [2.05, 4.69) is 10.2 Å². The molecule has 3 aromatic rings. The second-order valence-electron chi connectivity index (χ2n) is 5.94. The highest BCUT2D eigenvalue weighted by molar-refractivity contribution is 7.99. The summed E-state index contributed by atoms with van der Waals surface area (Å²) in [5, 5.41) is 9.17. The molecule has 0 N–H and O–H groups in total. The van der Waals surface area contributed by atoms with Crippen molar-refractivity contribution in [1.82, 2.24) is 19.7 Å². The Morgan fingerprint density at radius 3 is 2.65 bits per heavy atom. The van der Waals surface area contributed by atoms with Gasteiger partial charge in [0, 0.05) is 20.1 Å². The van der Waals surface area contributed by atoms with Crippen molar-refractivity contribution in [3.63, 3.8) is 0 Å². The van der Waals surface area contributed by atoms with Gasteiger partial charge in [-0.2, -0.15) is 0 Å². The summed E-state index contributed by atoms with van der Waals surface area (Å²) in [7, 11) is 1.90. The van der Waals surface area contributed by atoms with E-state index in [-0.39, 0.29) is 5.91 Å². The Kier molecular flexibility index (Phi) is 5.78. The molecule has 2 heterocycles. The van der Waals surface area contributed by atoms with Crippen molar-refractivity contribution in [2.24, 2.45) is 7.05 Å². The molecule has 0 aliphatic rings. The normalized spacial score (nSPS) is 10.9. The molecule has 0 bridgehead atoms. The second-order valence-corrected chi connectivity index (χ2v) is 6.88. The number of aryl methyl sites for hydroxylation is 1. The topological polar surface area (TPSA) is 64.2 Å². The number of amides is 1. The highest BCUT2D eigenvalue weighted by Crippen LogP contribution is 2.26. The van der Waals surface area contributed by atoms with Crippen LogP contribution in [0, 0.1) is 6.92 Å². The Morgan fingerprint density at radius 1 is 1.23 bits per heavy atom. The average molecular weight is 370 g/mol. The van der Waals surface area contributed by atoms with Crippen LogP contribution in [0.2, 0.25) is 0 Å². The molecule has 0 fully saturated rings. The molecule has 0 spiro atoms. The van der Waals surface area contributed by atoms with Crippen molar-refractivity contribution in [1.29, 1.82) is 0 Å². The molecule has 7 heteroatoms. The van der Waals surface area contributed by atoms with Crippen LogP contribution in [0.15, 0.2) is 52.2 Å². The second kappa shape index (κ2) is 8.23. The van der Waals surface area contributed by atoms with Gasteiger partial charge in [-0.15, -0.1) is 10.2 Å². The molecule has 26 heavy (non-hydrogen) atoms. The summed E-state index contributed by atoms with van der Waals surface area (Å²) >= 11 is 1.40. The van der Waals surface area contributed by atoms with Crippen LogP contribution in [0.5, 0.6) is 0 Å². The van der Waals surface area contributed by atoms with Crippen LogP contribution >= 0.6 is 11.8 Å². The van der Waals surface area contributed by atoms with Gasteiger partial charge in [0.2, 0.25) is 5.91 Å². The first kappa shape index (κ1) is 18.3. The van der Waals surface area contributed by atoms with Gasteiger partial charge in [0.05, 0.1) is 17.6 Å². The molecule has 136 valence electrons. The summed E-state index contributed by atoms with van der Waals surface area (Å²) in [6, 6.07) is 11.9. The number of hydrogen-bond donors (Lipinski definition) is 0.